The third-order valence-corrected chi connectivity index (χ3v) is 4.17. The van der Waals surface area contributed by atoms with E-state index in [4.69, 9.17) is 0 Å². The monoisotopic (exact) mass is 284 g/mol. The molecular weight excluding hydrogens is 260 g/mol. The molecule has 0 aliphatic carbocycles. The van der Waals surface area contributed by atoms with Crippen LogP contribution in [0, 0.1) is 0 Å². The molecule has 2 rings (SSSR count). The van der Waals surface area contributed by atoms with Gasteiger partial charge in [-0.1, -0.05) is 62.4 Å². The third kappa shape index (κ3) is 3.02. The second kappa shape index (κ2) is 6.00. The first-order chi connectivity index (χ1) is 9.85. The third-order valence-electron chi connectivity index (χ3n) is 4.17. The quantitative estimate of drug-likeness (QED) is 0.886. The Hall–Kier alpha value is -1.64. The first kappa shape index (κ1) is 15.7. The normalized spacial score (nSPS) is 14.8. The molecule has 0 saturated carbocycles. The van der Waals surface area contributed by atoms with Crippen LogP contribution < -0.4 is 0 Å². The fourth-order valence-electron chi connectivity index (χ4n) is 3.01. The summed E-state index contributed by atoms with van der Waals surface area (Å²) in [5.41, 5.74) is 3.76. The van der Waals surface area contributed by atoms with Crippen LogP contribution in [0.1, 0.15) is 62.2 Å². The summed E-state index contributed by atoms with van der Waals surface area (Å²) in [4.78, 5) is 0. The van der Waals surface area contributed by atoms with Gasteiger partial charge in [-0.15, -0.1) is 0 Å². The zero-order valence-corrected chi connectivity index (χ0v) is 13.2. The molecule has 0 aliphatic rings. The van der Waals surface area contributed by atoms with Crippen LogP contribution >= 0.6 is 0 Å². The van der Waals surface area contributed by atoms with Gasteiger partial charge in [-0.05, 0) is 36.1 Å². The van der Waals surface area contributed by atoms with Crippen molar-refractivity contribution in [3.63, 3.8) is 0 Å². The Morgan fingerprint density at radius 2 is 1.05 bits per heavy atom. The van der Waals surface area contributed by atoms with E-state index >= 15 is 0 Å². The average molecular weight is 284 g/mol. The zero-order chi connectivity index (χ0) is 15.6. The van der Waals surface area contributed by atoms with Crippen molar-refractivity contribution < 1.29 is 10.2 Å². The maximum absolute atomic E-state index is 10.0. The Balaban J connectivity index is 2.63. The first-order valence-corrected chi connectivity index (χ1v) is 7.40. The van der Waals surface area contributed by atoms with Crippen LogP contribution in [0.25, 0.3) is 0 Å². The molecule has 2 unspecified atom stereocenters. The summed E-state index contributed by atoms with van der Waals surface area (Å²) in [5, 5.41) is 20.1. The molecule has 0 aliphatic heterocycles. The van der Waals surface area contributed by atoms with Crippen LogP contribution in [0.3, 0.4) is 0 Å². The molecule has 0 radical (unpaired) electrons. The van der Waals surface area contributed by atoms with Crippen molar-refractivity contribution in [2.24, 2.45) is 0 Å². The van der Waals surface area contributed by atoms with E-state index < -0.39 is 12.2 Å². The summed E-state index contributed by atoms with van der Waals surface area (Å²) >= 11 is 0. The van der Waals surface area contributed by atoms with Gasteiger partial charge >= 0.3 is 0 Å². The van der Waals surface area contributed by atoms with E-state index in [2.05, 4.69) is 26.0 Å². The van der Waals surface area contributed by atoms with Gasteiger partial charge in [0.1, 0.15) is 0 Å². The number of hydrogen-bond acceptors (Lipinski definition) is 2. The standard InChI is InChI=1S/C19H24O2/c1-13(20)15-9-5-7-11-17(15)19(3,4)18-12-8-6-10-16(18)14(2)21/h5-14,20-21H,1-4H3. The van der Waals surface area contributed by atoms with Crippen molar-refractivity contribution in [1.82, 2.24) is 0 Å². The molecular formula is C19H24O2. The fourth-order valence-corrected chi connectivity index (χ4v) is 3.01. The minimum atomic E-state index is -0.515. The molecule has 0 spiro atoms. The Morgan fingerprint density at radius 1 is 0.714 bits per heavy atom. The molecule has 0 bridgehead atoms. The lowest BCUT2D eigenvalue weighted by atomic mass is 9.73. The lowest BCUT2D eigenvalue weighted by molar-refractivity contribution is 0.194. The van der Waals surface area contributed by atoms with E-state index in [1.54, 1.807) is 13.8 Å². The smallest absolute Gasteiger partial charge is 0.0764 e. The van der Waals surface area contributed by atoms with Crippen LogP contribution in [0.5, 0.6) is 0 Å². The summed E-state index contributed by atoms with van der Waals surface area (Å²) < 4.78 is 0. The highest BCUT2D eigenvalue weighted by Crippen LogP contribution is 2.38. The molecule has 0 heterocycles. The number of aliphatic hydroxyl groups excluding tert-OH is 2. The van der Waals surface area contributed by atoms with Crippen molar-refractivity contribution in [1.29, 1.82) is 0 Å². The van der Waals surface area contributed by atoms with E-state index in [1.165, 1.54) is 0 Å². The summed E-state index contributed by atoms with van der Waals surface area (Å²) in [6, 6.07) is 15.9. The van der Waals surface area contributed by atoms with Crippen molar-refractivity contribution in [3.8, 4) is 0 Å². The zero-order valence-electron chi connectivity index (χ0n) is 13.2. The van der Waals surface area contributed by atoms with E-state index in [9.17, 15) is 10.2 Å². The molecule has 2 heteroatoms. The maximum atomic E-state index is 10.0. The van der Waals surface area contributed by atoms with Gasteiger partial charge in [-0.3, -0.25) is 0 Å². The van der Waals surface area contributed by atoms with Crippen LogP contribution in [0.2, 0.25) is 0 Å². The largest absolute Gasteiger partial charge is 0.389 e. The number of aliphatic hydroxyl groups is 2. The molecule has 112 valence electrons. The molecule has 2 atom stereocenters. The fraction of sp³-hybridized carbons (Fsp3) is 0.368. The summed E-state index contributed by atoms with van der Waals surface area (Å²) in [6.45, 7) is 7.84. The molecule has 0 fully saturated rings. The summed E-state index contributed by atoms with van der Waals surface area (Å²) in [6.07, 6.45) is -1.03. The minimum Gasteiger partial charge on any atom is -0.389 e. The highest BCUT2D eigenvalue weighted by Gasteiger charge is 2.29. The highest BCUT2D eigenvalue weighted by molar-refractivity contribution is 5.46. The Bertz CT molecular complexity index is 559. The topological polar surface area (TPSA) is 40.5 Å². The molecule has 2 aromatic carbocycles. The number of rotatable bonds is 4. The summed E-state index contributed by atoms with van der Waals surface area (Å²) in [5.74, 6) is 0. The molecule has 0 saturated heterocycles. The van der Waals surface area contributed by atoms with Crippen molar-refractivity contribution in [2.45, 2.75) is 45.3 Å². The van der Waals surface area contributed by atoms with Gasteiger partial charge in [-0.2, -0.15) is 0 Å². The maximum Gasteiger partial charge on any atom is 0.0764 e. The van der Waals surface area contributed by atoms with Gasteiger partial charge in [0, 0.05) is 5.41 Å². The highest BCUT2D eigenvalue weighted by atomic mass is 16.3. The molecule has 2 N–H and O–H groups in total. The van der Waals surface area contributed by atoms with Gasteiger partial charge in [-0.25, -0.2) is 0 Å². The molecule has 0 amide bonds. The van der Waals surface area contributed by atoms with E-state index in [-0.39, 0.29) is 5.41 Å². The van der Waals surface area contributed by atoms with Crippen LogP contribution in [-0.4, -0.2) is 10.2 Å². The van der Waals surface area contributed by atoms with Crippen LogP contribution in [0.15, 0.2) is 48.5 Å². The number of benzene rings is 2. The molecule has 2 nitrogen and oxygen atoms in total. The Labute approximate surface area is 127 Å². The van der Waals surface area contributed by atoms with Gasteiger partial charge in [0.15, 0.2) is 0 Å². The lowest BCUT2D eigenvalue weighted by Gasteiger charge is -2.32. The molecule has 2 aromatic rings. The number of hydrogen-bond donors (Lipinski definition) is 2. The second-order valence-electron chi connectivity index (χ2n) is 6.15. The lowest BCUT2D eigenvalue weighted by Crippen LogP contribution is -2.24. The predicted molar refractivity (Wildman–Crippen MR) is 86.3 cm³/mol. The van der Waals surface area contributed by atoms with E-state index in [0.717, 1.165) is 22.3 Å². The van der Waals surface area contributed by atoms with Gasteiger partial charge in [0.25, 0.3) is 0 Å². The van der Waals surface area contributed by atoms with Gasteiger partial charge in [0.05, 0.1) is 12.2 Å². The molecule has 21 heavy (non-hydrogen) atoms. The predicted octanol–water partition coefficient (Wildman–Crippen LogP) is 4.12. The Morgan fingerprint density at radius 3 is 1.38 bits per heavy atom. The SMILES string of the molecule is CC(O)c1ccccc1C(C)(C)c1ccccc1C(C)O. The van der Waals surface area contributed by atoms with Gasteiger partial charge < -0.3 is 10.2 Å². The summed E-state index contributed by atoms with van der Waals surface area (Å²) in [7, 11) is 0. The molecule has 0 aromatic heterocycles. The van der Waals surface area contributed by atoms with Crippen LogP contribution in [0.4, 0.5) is 0 Å². The Kier molecular flexibility index (Phi) is 4.50. The second-order valence-corrected chi connectivity index (χ2v) is 6.15. The van der Waals surface area contributed by atoms with Gasteiger partial charge in [0.2, 0.25) is 0 Å². The van der Waals surface area contributed by atoms with Crippen molar-refractivity contribution >= 4 is 0 Å². The first-order valence-electron chi connectivity index (χ1n) is 7.40. The average Bonchev–Trinajstić information content (AvgIpc) is 2.47. The van der Waals surface area contributed by atoms with Crippen molar-refractivity contribution in [3.05, 3.63) is 70.8 Å². The van der Waals surface area contributed by atoms with Crippen molar-refractivity contribution in [2.75, 3.05) is 0 Å². The van der Waals surface area contributed by atoms with Crippen LogP contribution in [-0.2, 0) is 5.41 Å². The van der Waals surface area contributed by atoms with E-state index in [1.807, 2.05) is 36.4 Å². The minimum absolute atomic E-state index is 0.291. The van der Waals surface area contributed by atoms with E-state index in [0.29, 0.717) is 0 Å².